The van der Waals surface area contributed by atoms with Gasteiger partial charge in [0.25, 0.3) is 0 Å². The molecule has 0 saturated carbocycles. The highest BCUT2D eigenvalue weighted by Crippen LogP contribution is 2.26. The Morgan fingerprint density at radius 1 is 1.17 bits per heavy atom. The molecule has 2 aliphatic rings. The molecule has 1 amide bonds. The second-order valence-electron chi connectivity index (χ2n) is 6.66. The van der Waals surface area contributed by atoms with Crippen molar-refractivity contribution in [2.75, 3.05) is 32.8 Å². The first-order chi connectivity index (χ1) is 11.2. The van der Waals surface area contributed by atoms with Gasteiger partial charge in [0.1, 0.15) is 5.75 Å². The Morgan fingerprint density at radius 3 is 2.61 bits per heavy atom. The highest BCUT2D eigenvalue weighted by Gasteiger charge is 2.25. The number of ether oxygens (including phenoxy) is 1. The second-order valence-corrected chi connectivity index (χ2v) is 6.66. The third-order valence-corrected chi connectivity index (χ3v) is 5.18. The van der Waals surface area contributed by atoms with Gasteiger partial charge in [0.2, 0.25) is 5.91 Å². The molecule has 4 heteroatoms. The zero-order chi connectivity index (χ0) is 16.2. The highest BCUT2D eigenvalue weighted by atomic mass is 16.5. The summed E-state index contributed by atoms with van der Waals surface area (Å²) >= 11 is 0. The number of carbonyl (C=O) groups excluding carboxylic acids is 1. The van der Waals surface area contributed by atoms with Crippen LogP contribution in [0.25, 0.3) is 0 Å². The van der Waals surface area contributed by atoms with Gasteiger partial charge in [-0.1, -0.05) is 26.0 Å². The molecule has 1 fully saturated rings. The van der Waals surface area contributed by atoms with Crippen LogP contribution in [0.2, 0.25) is 0 Å². The molecule has 0 spiro atoms. The van der Waals surface area contributed by atoms with Crippen LogP contribution in [-0.4, -0.2) is 48.5 Å². The standard InChI is InChI=1S/C19H28N2O2/c1-3-16(4-2)19(22)21-10-8-20(9-11-21)14-15-5-6-18-17(13-15)7-12-23-18/h5-6,13,16H,3-4,7-12,14H2,1-2H3. The van der Waals surface area contributed by atoms with E-state index in [4.69, 9.17) is 4.74 Å². The van der Waals surface area contributed by atoms with E-state index >= 15 is 0 Å². The van der Waals surface area contributed by atoms with Crippen molar-refractivity contribution in [1.29, 1.82) is 0 Å². The molecule has 2 heterocycles. The number of hydrogen-bond donors (Lipinski definition) is 0. The minimum absolute atomic E-state index is 0.207. The molecular weight excluding hydrogens is 288 g/mol. The lowest BCUT2D eigenvalue weighted by atomic mass is 10.0. The molecule has 0 N–H and O–H groups in total. The molecular formula is C19H28N2O2. The lowest BCUT2D eigenvalue weighted by molar-refractivity contribution is -0.137. The molecule has 0 atom stereocenters. The van der Waals surface area contributed by atoms with Gasteiger partial charge in [0.05, 0.1) is 6.61 Å². The Bertz CT molecular complexity index is 546. The molecule has 0 aromatic heterocycles. The van der Waals surface area contributed by atoms with Gasteiger partial charge in [-0.2, -0.15) is 0 Å². The van der Waals surface area contributed by atoms with Crippen molar-refractivity contribution in [1.82, 2.24) is 9.80 Å². The van der Waals surface area contributed by atoms with E-state index in [0.29, 0.717) is 5.91 Å². The largest absolute Gasteiger partial charge is 0.493 e. The second kappa shape index (κ2) is 7.35. The van der Waals surface area contributed by atoms with Crippen LogP contribution in [0.5, 0.6) is 5.75 Å². The SMILES string of the molecule is CCC(CC)C(=O)N1CCN(Cc2ccc3c(c2)CCO3)CC1. The minimum Gasteiger partial charge on any atom is -0.493 e. The highest BCUT2D eigenvalue weighted by molar-refractivity contribution is 5.78. The Kier molecular flexibility index (Phi) is 5.21. The summed E-state index contributed by atoms with van der Waals surface area (Å²) in [6, 6.07) is 6.56. The van der Waals surface area contributed by atoms with E-state index in [1.807, 2.05) is 0 Å². The third kappa shape index (κ3) is 3.69. The van der Waals surface area contributed by atoms with E-state index in [9.17, 15) is 4.79 Å². The van der Waals surface area contributed by atoms with Crippen molar-refractivity contribution in [2.24, 2.45) is 5.92 Å². The first-order valence-corrected chi connectivity index (χ1v) is 8.97. The summed E-state index contributed by atoms with van der Waals surface area (Å²) < 4.78 is 5.57. The maximum absolute atomic E-state index is 12.4. The number of benzene rings is 1. The molecule has 3 rings (SSSR count). The molecule has 0 radical (unpaired) electrons. The average Bonchev–Trinajstić information content (AvgIpc) is 3.04. The van der Waals surface area contributed by atoms with Crippen LogP contribution in [0.1, 0.15) is 37.8 Å². The summed E-state index contributed by atoms with van der Waals surface area (Å²) in [5.41, 5.74) is 2.69. The predicted octanol–water partition coefficient (Wildman–Crippen LogP) is 2.70. The summed E-state index contributed by atoms with van der Waals surface area (Å²) in [6.45, 7) is 9.68. The van der Waals surface area contributed by atoms with Crippen molar-refractivity contribution in [3.8, 4) is 5.75 Å². The van der Waals surface area contributed by atoms with Gasteiger partial charge in [-0.3, -0.25) is 9.69 Å². The van der Waals surface area contributed by atoms with Gasteiger partial charge in [0.15, 0.2) is 0 Å². The van der Waals surface area contributed by atoms with Crippen molar-refractivity contribution in [2.45, 2.75) is 39.7 Å². The fourth-order valence-electron chi connectivity index (χ4n) is 3.62. The normalized spacial score (nSPS) is 18.1. The first-order valence-electron chi connectivity index (χ1n) is 8.97. The summed E-state index contributed by atoms with van der Waals surface area (Å²) in [5, 5.41) is 0. The van der Waals surface area contributed by atoms with E-state index in [0.717, 1.165) is 64.3 Å². The summed E-state index contributed by atoms with van der Waals surface area (Å²) in [7, 11) is 0. The minimum atomic E-state index is 0.207. The predicted molar refractivity (Wildman–Crippen MR) is 91.6 cm³/mol. The Hall–Kier alpha value is -1.55. The van der Waals surface area contributed by atoms with Crippen LogP contribution in [0.3, 0.4) is 0 Å². The van der Waals surface area contributed by atoms with Gasteiger partial charge < -0.3 is 9.64 Å². The van der Waals surface area contributed by atoms with Crippen LogP contribution in [-0.2, 0) is 17.8 Å². The number of amides is 1. The van der Waals surface area contributed by atoms with Crippen molar-refractivity contribution in [3.63, 3.8) is 0 Å². The molecule has 0 aliphatic carbocycles. The zero-order valence-electron chi connectivity index (χ0n) is 14.4. The fourth-order valence-corrected chi connectivity index (χ4v) is 3.62. The number of fused-ring (bicyclic) bond motifs is 1. The summed E-state index contributed by atoms with van der Waals surface area (Å²) in [6.07, 6.45) is 2.93. The van der Waals surface area contributed by atoms with Crippen molar-refractivity contribution < 1.29 is 9.53 Å². The molecule has 1 aromatic rings. The van der Waals surface area contributed by atoms with Gasteiger partial charge in [0, 0.05) is 45.1 Å². The zero-order valence-corrected chi connectivity index (χ0v) is 14.4. The summed E-state index contributed by atoms with van der Waals surface area (Å²) in [4.78, 5) is 17.0. The van der Waals surface area contributed by atoms with Gasteiger partial charge in [-0.05, 0) is 30.0 Å². The van der Waals surface area contributed by atoms with Crippen LogP contribution in [0.4, 0.5) is 0 Å². The Balaban J connectivity index is 1.52. The number of hydrogen-bond acceptors (Lipinski definition) is 3. The van der Waals surface area contributed by atoms with Gasteiger partial charge in [-0.15, -0.1) is 0 Å². The lowest BCUT2D eigenvalue weighted by Gasteiger charge is -2.36. The fraction of sp³-hybridized carbons (Fsp3) is 0.632. The number of carbonyl (C=O) groups is 1. The molecule has 1 saturated heterocycles. The molecule has 126 valence electrons. The van der Waals surface area contributed by atoms with Crippen molar-refractivity contribution >= 4 is 5.91 Å². The van der Waals surface area contributed by atoms with Gasteiger partial charge in [-0.25, -0.2) is 0 Å². The molecule has 0 bridgehead atoms. The number of nitrogens with zero attached hydrogens (tertiary/aromatic N) is 2. The van der Waals surface area contributed by atoms with E-state index in [-0.39, 0.29) is 5.92 Å². The van der Waals surface area contributed by atoms with E-state index < -0.39 is 0 Å². The van der Waals surface area contributed by atoms with Crippen LogP contribution in [0.15, 0.2) is 18.2 Å². The Morgan fingerprint density at radius 2 is 1.91 bits per heavy atom. The van der Waals surface area contributed by atoms with Crippen LogP contribution in [0, 0.1) is 5.92 Å². The maximum Gasteiger partial charge on any atom is 0.225 e. The molecule has 23 heavy (non-hydrogen) atoms. The average molecular weight is 316 g/mol. The van der Waals surface area contributed by atoms with Crippen molar-refractivity contribution in [3.05, 3.63) is 29.3 Å². The molecule has 0 unspecified atom stereocenters. The Labute approximate surface area is 139 Å². The maximum atomic E-state index is 12.4. The topological polar surface area (TPSA) is 32.8 Å². The van der Waals surface area contributed by atoms with Gasteiger partial charge >= 0.3 is 0 Å². The number of rotatable bonds is 5. The third-order valence-electron chi connectivity index (χ3n) is 5.18. The van der Waals surface area contributed by atoms with E-state index in [1.54, 1.807) is 0 Å². The molecule has 1 aromatic carbocycles. The number of piperazine rings is 1. The monoisotopic (exact) mass is 316 g/mol. The van der Waals surface area contributed by atoms with E-state index in [2.05, 4.69) is 41.8 Å². The lowest BCUT2D eigenvalue weighted by Crippen LogP contribution is -2.49. The smallest absolute Gasteiger partial charge is 0.225 e. The van der Waals surface area contributed by atoms with Crippen LogP contribution >= 0.6 is 0 Å². The summed E-state index contributed by atoms with van der Waals surface area (Å²) in [5.74, 6) is 1.61. The first kappa shape index (κ1) is 16.3. The molecule has 4 nitrogen and oxygen atoms in total. The van der Waals surface area contributed by atoms with E-state index in [1.165, 1.54) is 11.1 Å². The molecule has 2 aliphatic heterocycles. The quantitative estimate of drug-likeness (QED) is 0.837. The van der Waals surface area contributed by atoms with Crippen LogP contribution < -0.4 is 4.74 Å².